The van der Waals surface area contributed by atoms with Gasteiger partial charge in [-0.1, -0.05) is 0 Å². The number of hydrogen-bond donors (Lipinski definition) is 1. The van der Waals surface area contributed by atoms with Crippen molar-refractivity contribution in [3.05, 3.63) is 0 Å². The molecule has 62 valence electrons. The monoisotopic (exact) mass is 154 g/mol. The van der Waals surface area contributed by atoms with Crippen molar-refractivity contribution in [2.75, 3.05) is 19.6 Å². The maximum Gasteiger partial charge on any atom is 0.223 e. The number of piperazine rings is 1. The van der Waals surface area contributed by atoms with E-state index >= 15 is 0 Å². The summed E-state index contributed by atoms with van der Waals surface area (Å²) < 4.78 is 0. The standard InChI is InChI=1S/C8H14N2O/c1-8-3-2-7(11)10(8)5-4-9-6-8/h9H,2-6H2,1H3. The number of hydrogen-bond acceptors (Lipinski definition) is 2. The summed E-state index contributed by atoms with van der Waals surface area (Å²) >= 11 is 0. The molecule has 2 rings (SSSR count). The zero-order valence-corrected chi connectivity index (χ0v) is 6.89. The first-order valence-corrected chi connectivity index (χ1v) is 4.24. The summed E-state index contributed by atoms with van der Waals surface area (Å²) in [6.45, 7) is 5.00. The average molecular weight is 154 g/mol. The van der Waals surface area contributed by atoms with Crippen molar-refractivity contribution in [1.29, 1.82) is 0 Å². The quantitative estimate of drug-likeness (QED) is 0.531. The van der Waals surface area contributed by atoms with Gasteiger partial charge in [-0.25, -0.2) is 0 Å². The van der Waals surface area contributed by atoms with Crippen molar-refractivity contribution in [1.82, 2.24) is 10.2 Å². The molecule has 2 fully saturated rings. The molecule has 1 amide bonds. The van der Waals surface area contributed by atoms with E-state index in [1.165, 1.54) is 0 Å². The lowest BCUT2D eigenvalue weighted by molar-refractivity contribution is -0.131. The second-order valence-corrected chi connectivity index (χ2v) is 3.72. The lowest BCUT2D eigenvalue weighted by atomic mass is 9.97. The largest absolute Gasteiger partial charge is 0.335 e. The summed E-state index contributed by atoms with van der Waals surface area (Å²) in [4.78, 5) is 13.3. The summed E-state index contributed by atoms with van der Waals surface area (Å²) in [5.74, 6) is 0.342. The van der Waals surface area contributed by atoms with Crippen LogP contribution in [0.25, 0.3) is 0 Å². The number of nitrogens with zero attached hydrogens (tertiary/aromatic N) is 1. The lowest BCUT2D eigenvalue weighted by Gasteiger charge is -2.39. The van der Waals surface area contributed by atoms with E-state index in [-0.39, 0.29) is 5.54 Å². The molecule has 1 unspecified atom stereocenters. The van der Waals surface area contributed by atoms with E-state index in [1.807, 2.05) is 4.90 Å². The molecule has 2 saturated heterocycles. The van der Waals surface area contributed by atoms with Crippen molar-refractivity contribution >= 4 is 5.91 Å². The normalized spacial score (nSPS) is 37.5. The molecule has 2 aliphatic rings. The van der Waals surface area contributed by atoms with Crippen LogP contribution in [-0.4, -0.2) is 36.0 Å². The van der Waals surface area contributed by atoms with Gasteiger partial charge in [0.05, 0.1) is 5.54 Å². The summed E-state index contributed by atoms with van der Waals surface area (Å²) in [7, 11) is 0. The van der Waals surface area contributed by atoms with Gasteiger partial charge in [0, 0.05) is 26.1 Å². The van der Waals surface area contributed by atoms with Crippen LogP contribution in [0.3, 0.4) is 0 Å². The molecule has 0 spiro atoms. The minimum atomic E-state index is 0.134. The molecule has 0 aromatic rings. The number of fused-ring (bicyclic) bond motifs is 1. The van der Waals surface area contributed by atoms with Crippen molar-refractivity contribution in [3.8, 4) is 0 Å². The van der Waals surface area contributed by atoms with Crippen molar-refractivity contribution < 1.29 is 4.79 Å². The van der Waals surface area contributed by atoms with Crippen LogP contribution in [0.4, 0.5) is 0 Å². The van der Waals surface area contributed by atoms with Gasteiger partial charge >= 0.3 is 0 Å². The zero-order chi connectivity index (χ0) is 7.90. The summed E-state index contributed by atoms with van der Waals surface area (Å²) in [5.41, 5.74) is 0.134. The van der Waals surface area contributed by atoms with Gasteiger partial charge in [-0.15, -0.1) is 0 Å². The van der Waals surface area contributed by atoms with E-state index < -0.39 is 0 Å². The van der Waals surface area contributed by atoms with E-state index in [0.717, 1.165) is 32.5 Å². The Hall–Kier alpha value is -0.570. The first kappa shape index (κ1) is 7.10. The highest BCUT2D eigenvalue weighted by molar-refractivity contribution is 5.79. The number of rotatable bonds is 0. The van der Waals surface area contributed by atoms with Crippen LogP contribution in [0.5, 0.6) is 0 Å². The SMILES string of the molecule is CC12CCC(=O)N1CCNC2. The Bertz CT molecular complexity index is 193. The second kappa shape index (κ2) is 2.21. The van der Waals surface area contributed by atoms with E-state index in [2.05, 4.69) is 12.2 Å². The molecular weight excluding hydrogens is 140 g/mol. The smallest absolute Gasteiger partial charge is 0.223 e. The number of nitrogens with one attached hydrogen (secondary N) is 1. The van der Waals surface area contributed by atoms with Gasteiger partial charge in [-0.3, -0.25) is 4.79 Å². The summed E-state index contributed by atoms with van der Waals surface area (Å²) in [6.07, 6.45) is 1.77. The van der Waals surface area contributed by atoms with Crippen LogP contribution in [-0.2, 0) is 4.79 Å². The molecule has 0 saturated carbocycles. The third-order valence-electron chi connectivity index (χ3n) is 2.85. The Morgan fingerprint density at radius 3 is 3.18 bits per heavy atom. The highest BCUT2D eigenvalue weighted by Gasteiger charge is 2.42. The Kier molecular flexibility index (Phi) is 1.42. The Labute approximate surface area is 66.8 Å². The fraction of sp³-hybridized carbons (Fsp3) is 0.875. The molecule has 0 bridgehead atoms. The van der Waals surface area contributed by atoms with E-state index in [9.17, 15) is 4.79 Å². The van der Waals surface area contributed by atoms with Gasteiger partial charge in [0.2, 0.25) is 5.91 Å². The van der Waals surface area contributed by atoms with Crippen LogP contribution >= 0.6 is 0 Å². The molecule has 0 radical (unpaired) electrons. The van der Waals surface area contributed by atoms with Crippen LogP contribution in [0.1, 0.15) is 19.8 Å². The third-order valence-corrected chi connectivity index (χ3v) is 2.85. The van der Waals surface area contributed by atoms with Crippen molar-refractivity contribution in [2.45, 2.75) is 25.3 Å². The molecule has 2 aliphatic heterocycles. The lowest BCUT2D eigenvalue weighted by Crippen LogP contribution is -2.57. The van der Waals surface area contributed by atoms with Crippen molar-refractivity contribution in [2.24, 2.45) is 0 Å². The fourth-order valence-electron chi connectivity index (χ4n) is 2.07. The van der Waals surface area contributed by atoms with E-state index in [1.54, 1.807) is 0 Å². The van der Waals surface area contributed by atoms with Crippen molar-refractivity contribution in [3.63, 3.8) is 0 Å². The van der Waals surface area contributed by atoms with Gasteiger partial charge in [0.1, 0.15) is 0 Å². The van der Waals surface area contributed by atoms with Gasteiger partial charge in [0.25, 0.3) is 0 Å². The molecule has 0 aromatic carbocycles. The molecule has 2 heterocycles. The Balaban J connectivity index is 2.21. The number of carbonyl (C=O) groups is 1. The third kappa shape index (κ3) is 0.948. The van der Waals surface area contributed by atoms with Gasteiger partial charge in [0.15, 0.2) is 0 Å². The average Bonchev–Trinajstić information content (AvgIpc) is 2.29. The first-order chi connectivity index (χ1) is 5.22. The predicted molar refractivity (Wildman–Crippen MR) is 42.2 cm³/mol. The second-order valence-electron chi connectivity index (χ2n) is 3.72. The van der Waals surface area contributed by atoms with Gasteiger partial charge in [-0.05, 0) is 13.3 Å². The molecule has 1 atom stereocenters. The molecule has 3 heteroatoms. The first-order valence-electron chi connectivity index (χ1n) is 4.24. The Morgan fingerprint density at radius 1 is 1.64 bits per heavy atom. The van der Waals surface area contributed by atoms with Crippen LogP contribution in [0.2, 0.25) is 0 Å². The van der Waals surface area contributed by atoms with Gasteiger partial charge in [-0.2, -0.15) is 0 Å². The summed E-state index contributed by atoms with van der Waals surface area (Å²) in [6, 6.07) is 0. The van der Waals surface area contributed by atoms with E-state index in [4.69, 9.17) is 0 Å². The fourth-order valence-corrected chi connectivity index (χ4v) is 2.07. The molecular formula is C8H14N2O. The molecule has 0 aliphatic carbocycles. The summed E-state index contributed by atoms with van der Waals surface area (Å²) in [5, 5.41) is 3.32. The minimum Gasteiger partial charge on any atom is -0.335 e. The molecule has 11 heavy (non-hydrogen) atoms. The Morgan fingerprint density at radius 2 is 2.45 bits per heavy atom. The number of carbonyl (C=O) groups excluding carboxylic acids is 1. The highest BCUT2D eigenvalue weighted by atomic mass is 16.2. The predicted octanol–water partition coefficient (Wildman–Crippen LogP) is -0.0293. The highest BCUT2D eigenvalue weighted by Crippen LogP contribution is 2.30. The minimum absolute atomic E-state index is 0.134. The molecule has 0 aromatic heterocycles. The van der Waals surface area contributed by atoms with E-state index in [0.29, 0.717) is 5.91 Å². The molecule has 3 nitrogen and oxygen atoms in total. The zero-order valence-electron chi connectivity index (χ0n) is 6.89. The van der Waals surface area contributed by atoms with Crippen LogP contribution in [0.15, 0.2) is 0 Å². The van der Waals surface area contributed by atoms with Gasteiger partial charge < -0.3 is 10.2 Å². The molecule has 1 N–H and O–H groups in total. The van der Waals surface area contributed by atoms with Crippen LogP contribution in [0, 0.1) is 0 Å². The number of amides is 1. The van der Waals surface area contributed by atoms with Crippen LogP contribution < -0.4 is 5.32 Å². The maximum absolute atomic E-state index is 11.3. The maximum atomic E-state index is 11.3. The topological polar surface area (TPSA) is 32.3 Å².